The van der Waals surface area contributed by atoms with Gasteiger partial charge in [-0.05, 0) is 13.8 Å². The van der Waals surface area contributed by atoms with E-state index in [1.54, 1.807) is 22.7 Å². The Morgan fingerprint density at radius 2 is 2.18 bits per heavy atom. The molecule has 0 saturated carbocycles. The smallest absolute Gasteiger partial charge is 0.193 e. The van der Waals surface area contributed by atoms with Gasteiger partial charge in [-0.2, -0.15) is 0 Å². The van der Waals surface area contributed by atoms with E-state index in [0.717, 1.165) is 47.7 Å². The van der Waals surface area contributed by atoms with Crippen LogP contribution in [0.1, 0.15) is 18.3 Å². The lowest BCUT2D eigenvalue weighted by Crippen LogP contribution is -2.51. The molecule has 0 unspecified atom stereocenters. The van der Waals surface area contributed by atoms with Gasteiger partial charge in [-0.1, -0.05) is 0 Å². The molecule has 1 fully saturated rings. The molecule has 1 atom stereocenters. The van der Waals surface area contributed by atoms with E-state index >= 15 is 0 Å². The van der Waals surface area contributed by atoms with Gasteiger partial charge in [0.25, 0.3) is 0 Å². The maximum atomic E-state index is 4.69. The maximum absolute atomic E-state index is 4.69. The molecule has 4 heterocycles. The Morgan fingerprint density at radius 1 is 1.27 bits per heavy atom. The summed E-state index contributed by atoms with van der Waals surface area (Å²) in [5.41, 5.74) is 2.28. The van der Waals surface area contributed by atoms with Crippen molar-refractivity contribution in [3.05, 3.63) is 34.5 Å². The third-order valence-corrected chi connectivity index (χ3v) is 5.86. The standard InChI is InChI=1S/C15H19N5S2/c1-11-10-22-15(16-11)20-4-3-18(7-12(20)2)8-13-9-19-5-6-21-14(19)17-13/h5-6,9-10,12H,3-4,7-8H2,1-2H3/t12-/m0/s1. The van der Waals surface area contributed by atoms with Gasteiger partial charge in [-0.3, -0.25) is 9.30 Å². The molecule has 0 radical (unpaired) electrons. The predicted octanol–water partition coefficient (Wildman–Crippen LogP) is 2.87. The van der Waals surface area contributed by atoms with Gasteiger partial charge >= 0.3 is 0 Å². The van der Waals surface area contributed by atoms with E-state index in [1.165, 1.54) is 0 Å². The summed E-state index contributed by atoms with van der Waals surface area (Å²) in [4.78, 5) is 15.3. The van der Waals surface area contributed by atoms with E-state index in [9.17, 15) is 0 Å². The van der Waals surface area contributed by atoms with Gasteiger partial charge in [-0.25, -0.2) is 9.97 Å². The van der Waals surface area contributed by atoms with Crippen LogP contribution in [-0.4, -0.2) is 44.9 Å². The summed E-state index contributed by atoms with van der Waals surface area (Å²) in [6.45, 7) is 8.44. The monoisotopic (exact) mass is 333 g/mol. The minimum Gasteiger partial charge on any atom is -0.343 e. The fourth-order valence-electron chi connectivity index (χ4n) is 3.02. The summed E-state index contributed by atoms with van der Waals surface area (Å²) in [7, 11) is 0. The molecule has 1 aliphatic heterocycles. The summed E-state index contributed by atoms with van der Waals surface area (Å²) in [5.74, 6) is 0. The first-order valence-electron chi connectivity index (χ1n) is 7.51. The summed E-state index contributed by atoms with van der Waals surface area (Å²) >= 11 is 3.44. The Labute approximate surface area is 137 Å². The van der Waals surface area contributed by atoms with Crippen molar-refractivity contribution in [1.29, 1.82) is 0 Å². The zero-order valence-corrected chi connectivity index (χ0v) is 14.4. The average Bonchev–Trinajstić information content (AvgIpc) is 3.15. The number of aromatic nitrogens is 3. The lowest BCUT2D eigenvalue weighted by atomic mass is 10.2. The van der Waals surface area contributed by atoms with Crippen molar-refractivity contribution in [2.45, 2.75) is 26.4 Å². The molecule has 0 aliphatic carbocycles. The van der Waals surface area contributed by atoms with Crippen LogP contribution >= 0.6 is 22.7 Å². The first kappa shape index (κ1) is 14.2. The fourth-order valence-corrected chi connectivity index (χ4v) is 4.67. The minimum atomic E-state index is 0.489. The van der Waals surface area contributed by atoms with E-state index in [2.05, 4.69) is 61.2 Å². The van der Waals surface area contributed by atoms with Crippen molar-refractivity contribution in [2.24, 2.45) is 0 Å². The van der Waals surface area contributed by atoms with Gasteiger partial charge in [0, 0.05) is 55.4 Å². The first-order chi connectivity index (χ1) is 10.7. The highest BCUT2D eigenvalue weighted by atomic mass is 32.1. The number of anilines is 1. The van der Waals surface area contributed by atoms with Crippen molar-refractivity contribution in [3.63, 3.8) is 0 Å². The van der Waals surface area contributed by atoms with E-state index in [1.807, 2.05) is 0 Å². The number of imidazole rings is 1. The topological polar surface area (TPSA) is 36.7 Å². The number of nitrogens with zero attached hydrogens (tertiary/aromatic N) is 5. The minimum absolute atomic E-state index is 0.489. The molecule has 116 valence electrons. The molecule has 22 heavy (non-hydrogen) atoms. The van der Waals surface area contributed by atoms with Crippen LogP contribution in [0.5, 0.6) is 0 Å². The molecule has 1 saturated heterocycles. The number of fused-ring (bicyclic) bond motifs is 1. The van der Waals surface area contributed by atoms with Crippen LogP contribution in [0.15, 0.2) is 23.2 Å². The second-order valence-corrected chi connectivity index (χ2v) is 7.58. The number of piperazine rings is 1. The van der Waals surface area contributed by atoms with Crippen LogP contribution in [0.4, 0.5) is 5.13 Å². The first-order valence-corrected chi connectivity index (χ1v) is 9.27. The third kappa shape index (κ3) is 2.64. The van der Waals surface area contributed by atoms with Gasteiger partial charge in [-0.15, -0.1) is 22.7 Å². The molecule has 0 N–H and O–H groups in total. The number of hydrogen-bond donors (Lipinski definition) is 0. The molecule has 4 rings (SSSR count). The zero-order chi connectivity index (χ0) is 15.1. The Bertz CT molecular complexity index is 745. The zero-order valence-electron chi connectivity index (χ0n) is 12.8. The lowest BCUT2D eigenvalue weighted by Gasteiger charge is -2.39. The van der Waals surface area contributed by atoms with E-state index in [0.29, 0.717) is 6.04 Å². The van der Waals surface area contributed by atoms with Gasteiger partial charge in [0.15, 0.2) is 10.1 Å². The largest absolute Gasteiger partial charge is 0.343 e. The van der Waals surface area contributed by atoms with Crippen molar-refractivity contribution < 1.29 is 0 Å². The molecular weight excluding hydrogens is 314 g/mol. The molecule has 7 heteroatoms. The Balaban J connectivity index is 1.42. The third-order valence-electron chi connectivity index (χ3n) is 4.09. The van der Waals surface area contributed by atoms with Crippen molar-refractivity contribution in [3.8, 4) is 0 Å². The molecule has 1 aliphatic rings. The molecule has 0 spiro atoms. The van der Waals surface area contributed by atoms with E-state index in [-0.39, 0.29) is 0 Å². The van der Waals surface area contributed by atoms with Crippen LogP contribution in [-0.2, 0) is 6.54 Å². The van der Waals surface area contributed by atoms with Crippen molar-refractivity contribution in [2.75, 3.05) is 24.5 Å². The molecular formula is C15H19N5S2. The SMILES string of the molecule is Cc1csc(N2CCN(Cc3cn4ccsc4n3)C[C@@H]2C)n1. The van der Waals surface area contributed by atoms with E-state index in [4.69, 9.17) is 0 Å². The maximum Gasteiger partial charge on any atom is 0.193 e. The van der Waals surface area contributed by atoms with Crippen LogP contribution in [0.3, 0.4) is 0 Å². The highest BCUT2D eigenvalue weighted by Crippen LogP contribution is 2.25. The number of thiazole rings is 2. The summed E-state index contributed by atoms with van der Waals surface area (Å²) in [6.07, 6.45) is 4.22. The van der Waals surface area contributed by atoms with Crippen LogP contribution in [0, 0.1) is 6.92 Å². The molecule has 3 aromatic heterocycles. The number of hydrogen-bond acceptors (Lipinski definition) is 6. The summed E-state index contributed by atoms with van der Waals surface area (Å²) in [5, 5.41) is 5.36. The average molecular weight is 333 g/mol. The lowest BCUT2D eigenvalue weighted by molar-refractivity contribution is 0.219. The van der Waals surface area contributed by atoms with Crippen molar-refractivity contribution >= 4 is 32.8 Å². The quantitative estimate of drug-likeness (QED) is 0.738. The highest BCUT2D eigenvalue weighted by molar-refractivity contribution is 7.15. The number of aryl methyl sites for hydroxylation is 1. The summed E-state index contributed by atoms with van der Waals surface area (Å²) in [6, 6.07) is 0.489. The second-order valence-electron chi connectivity index (χ2n) is 5.87. The second kappa shape index (κ2) is 5.64. The van der Waals surface area contributed by atoms with Gasteiger partial charge < -0.3 is 4.90 Å². The fraction of sp³-hybridized carbons (Fsp3) is 0.467. The van der Waals surface area contributed by atoms with Gasteiger partial charge in [0.1, 0.15) is 0 Å². The van der Waals surface area contributed by atoms with Gasteiger partial charge in [0.2, 0.25) is 0 Å². The van der Waals surface area contributed by atoms with Gasteiger partial charge in [0.05, 0.1) is 11.4 Å². The Hall–Kier alpha value is -1.44. The van der Waals surface area contributed by atoms with Crippen LogP contribution in [0.2, 0.25) is 0 Å². The molecule has 3 aromatic rings. The Kier molecular flexibility index (Phi) is 3.63. The highest BCUT2D eigenvalue weighted by Gasteiger charge is 2.26. The molecule has 0 amide bonds. The molecule has 0 bridgehead atoms. The van der Waals surface area contributed by atoms with Crippen LogP contribution in [0.25, 0.3) is 4.96 Å². The Morgan fingerprint density at radius 3 is 2.91 bits per heavy atom. The van der Waals surface area contributed by atoms with Crippen LogP contribution < -0.4 is 4.90 Å². The molecule has 5 nitrogen and oxygen atoms in total. The van der Waals surface area contributed by atoms with E-state index < -0.39 is 0 Å². The normalized spacial score (nSPS) is 20.1. The predicted molar refractivity (Wildman–Crippen MR) is 92.0 cm³/mol. The van der Waals surface area contributed by atoms with Crippen molar-refractivity contribution in [1.82, 2.24) is 19.3 Å². The summed E-state index contributed by atoms with van der Waals surface area (Å²) < 4.78 is 2.11. The molecule has 0 aromatic carbocycles. The number of rotatable bonds is 3.